The van der Waals surface area contributed by atoms with Crippen molar-refractivity contribution in [1.82, 2.24) is 4.57 Å². The van der Waals surface area contributed by atoms with Crippen LogP contribution < -0.4 is 19.2 Å². The first-order valence-corrected chi connectivity index (χ1v) is 13.3. The number of nitrogens with zero attached hydrogens (tertiary/aromatic N) is 3. The summed E-state index contributed by atoms with van der Waals surface area (Å²) in [5.74, 6) is -0.574. The zero-order chi connectivity index (χ0) is 26.1. The van der Waals surface area contributed by atoms with Crippen molar-refractivity contribution in [2.24, 2.45) is 0 Å². The number of ether oxygens (including phenoxy) is 1. The molecule has 2 aromatic carbocycles. The van der Waals surface area contributed by atoms with Crippen LogP contribution in [-0.2, 0) is 14.8 Å². The molecule has 0 bridgehead atoms. The molecule has 35 heavy (non-hydrogen) atoms. The maximum atomic E-state index is 13.3. The van der Waals surface area contributed by atoms with E-state index < -0.39 is 26.9 Å². The summed E-state index contributed by atoms with van der Waals surface area (Å²) in [5, 5.41) is 14.0. The van der Waals surface area contributed by atoms with E-state index in [1.165, 1.54) is 19.2 Å². The maximum absolute atomic E-state index is 13.3. The van der Waals surface area contributed by atoms with E-state index >= 15 is 0 Å². The van der Waals surface area contributed by atoms with E-state index in [0.717, 1.165) is 33.5 Å². The molecule has 1 atom stereocenters. The molecule has 1 aromatic heterocycles. The van der Waals surface area contributed by atoms with Gasteiger partial charge in [-0.1, -0.05) is 18.3 Å². The van der Waals surface area contributed by atoms with Gasteiger partial charge in [0.2, 0.25) is 15.9 Å². The molecule has 0 saturated heterocycles. The Morgan fingerprint density at radius 1 is 1.26 bits per heavy atom. The number of aromatic nitrogens is 1. The van der Waals surface area contributed by atoms with Gasteiger partial charge in [-0.25, -0.2) is 8.42 Å². The lowest BCUT2D eigenvalue weighted by molar-refractivity contribution is -0.384. The molecule has 0 aliphatic heterocycles. The summed E-state index contributed by atoms with van der Waals surface area (Å²) >= 11 is 1.05. The summed E-state index contributed by atoms with van der Waals surface area (Å²) in [5.41, 5.74) is 0.658. The number of anilines is 2. The number of benzene rings is 2. The van der Waals surface area contributed by atoms with Gasteiger partial charge in [0.1, 0.15) is 17.5 Å². The molecule has 3 aromatic rings. The second-order valence-corrected chi connectivity index (χ2v) is 11.0. The number of thiazole rings is 1. The number of amides is 1. The summed E-state index contributed by atoms with van der Waals surface area (Å²) in [6.45, 7) is 5.43. The van der Waals surface area contributed by atoms with E-state index in [2.05, 4.69) is 5.32 Å². The van der Waals surface area contributed by atoms with E-state index in [0.29, 0.717) is 10.4 Å². The molecular weight excluding hydrogens is 496 g/mol. The number of fused-ring (bicyclic) bond motifs is 1. The van der Waals surface area contributed by atoms with Gasteiger partial charge in [0.25, 0.3) is 5.69 Å². The highest BCUT2D eigenvalue weighted by Crippen LogP contribution is 2.36. The van der Waals surface area contributed by atoms with E-state index in [1.807, 2.05) is 13.8 Å². The van der Waals surface area contributed by atoms with Crippen molar-refractivity contribution in [2.75, 3.05) is 23.0 Å². The molecule has 1 N–H and O–H groups in total. The Morgan fingerprint density at radius 3 is 2.49 bits per heavy atom. The Bertz CT molecular complexity index is 1440. The molecule has 0 spiro atoms. The first kappa shape index (κ1) is 26.2. The van der Waals surface area contributed by atoms with Crippen LogP contribution in [0.3, 0.4) is 0 Å². The molecule has 0 aliphatic carbocycles. The number of nitro groups is 1. The molecule has 3 rings (SSSR count). The highest BCUT2D eigenvalue weighted by atomic mass is 32.2. The predicted molar refractivity (Wildman–Crippen MR) is 136 cm³/mol. The molecule has 0 radical (unpaired) electrons. The third-order valence-electron chi connectivity index (χ3n) is 5.34. The standard InChI is InChI=1S/C22H26N4O7S2/c1-6-16(25(35(5,31)32)18-12-15(26(29)30)8-10-19(18)33-4)21(27)23-14-7-9-17-20(11-14)34-22(28)24(17)13(2)3/h7-13,16H,6H2,1-5H3,(H,23,27)/t16-/m0/s1. The molecule has 13 heteroatoms. The number of non-ortho nitro benzene ring substituents is 1. The van der Waals surface area contributed by atoms with Crippen molar-refractivity contribution in [3.8, 4) is 5.75 Å². The fourth-order valence-electron chi connectivity index (χ4n) is 3.83. The Labute approximate surface area is 206 Å². The normalized spacial score (nSPS) is 12.5. The van der Waals surface area contributed by atoms with Gasteiger partial charge in [-0.15, -0.1) is 0 Å². The van der Waals surface area contributed by atoms with E-state index in [4.69, 9.17) is 4.74 Å². The first-order valence-electron chi connectivity index (χ1n) is 10.7. The number of hydrogen-bond acceptors (Lipinski definition) is 8. The van der Waals surface area contributed by atoms with Crippen LogP contribution in [0.1, 0.15) is 33.2 Å². The lowest BCUT2D eigenvalue weighted by atomic mass is 10.1. The second-order valence-electron chi connectivity index (χ2n) is 8.10. The number of methoxy groups -OCH3 is 1. The number of carbonyl (C=O) groups is 1. The van der Waals surface area contributed by atoms with Crippen molar-refractivity contribution >= 4 is 54.5 Å². The first-order chi connectivity index (χ1) is 16.4. The van der Waals surface area contributed by atoms with Crippen LogP contribution in [-0.4, -0.2) is 43.2 Å². The molecule has 0 saturated carbocycles. The lowest BCUT2D eigenvalue weighted by Gasteiger charge is -2.30. The minimum atomic E-state index is -4.06. The van der Waals surface area contributed by atoms with Crippen LogP contribution in [0.15, 0.2) is 41.2 Å². The highest BCUT2D eigenvalue weighted by molar-refractivity contribution is 7.92. The van der Waals surface area contributed by atoms with Crippen LogP contribution in [0.2, 0.25) is 0 Å². The Morgan fingerprint density at radius 2 is 1.94 bits per heavy atom. The molecule has 11 nitrogen and oxygen atoms in total. The third kappa shape index (κ3) is 5.30. The van der Waals surface area contributed by atoms with Crippen LogP contribution in [0.4, 0.5) is 17.1 Å². The minimum absolute atomic E-state index is 0.0330. The summed E-state index contributed by atoms with van der Waals surface area (Å²) in [6.07, 6.45) is 0.989. The molecule has 188 valence electrons. The fourth-order valence-corrected chi connectivity index (χ4v) is 6.09. The topological polar surface area (TPSA) is 141 Å². The summed E-state index contributed by atoms with van der Waals surface area (Å²) in [7, 11) is -2.76. The summed E-state index contributed by atoms with van der Waals surface area (Å²) in [4.78, 5) is 36.1. The van der Waals surface area contributed by atoms with Crippen molar-refractivity contribution in [2.45, 2.75) is 39.3 Å². The van der Waals surface area contributed by atoms with Gasteiger partial charge >= 0.3 is 4.87 Å². The van der Waals surface area contributed by atoms with Crippen LogP contribution in [0, 0.1) is 10.1 Å². The smallest absolute Gasteiger partial charge is 0.308 e. The largest absolute Gasteiger partial charge is 0.495 e. The molecule has 0 fully saturated rings. The van der Waals surface area contributed by atoms with Gasteiger partial charge in [-0.2, -0.15) is 0 Å². The molecule has 0 aliphatic rings. The monoisotopic (exact) mass is 522 g/mol. The average molecular weight is 523 g/mol. The zero-order valence-corrected chi connectivity index (χ0v) is 21.5. The molecule has 1 amide bonds. The molecule has 0 unspecified atom stereocenters. The van der Waals surface area contributed by atoms with Gasteiger partial charge in [0.15, 0.2) is 0 Å². The minimum Gasteiger partial charge on any atom is -0.495 e. The molecular formula is C22H26N4O7S2. The SMILES string of the molecule is CC[C@@H](C(=O)Nc1ccc2c(c1)sc(=O)n2C(C)C)N(c1cc([N+](=O)[O-])ccc1OC)S(C)(=O)=O. The van der Waals surface area contributed by atoms with Gasteiger partial charge in [0, 0.05) is 23.9 Å². The van der Waals surface area contributed by atoms with E-state index in [-0.39, 0.29) is 34.5 Å². The van der Waals surface area contributed by atoms with Crippen molar-refractivity contribution in [3.63, 3.8) is 0 Å². The lowest BCUT2D eigenvalue weighted by Crippen LogP contribution is -2.47. The van der Waals surface area contributed by atoms with Crippen molar-refractivity contribution < 1.29 is 22.9 Å². The summed E-state index contributed by atoms with van der Waals surface area (Å²) < 4.78 is 34.0. The van der Waals surface area contributed by atoms with Gasteiger partial charge in [-0.3, -0.25) is 28.6 Å². The van der Waals surface area contributed by atoms with Gasteiger partial charge in [0.05, 0.1) is 28.5 Å². The van der Waals surface area contributed by atoms with Crippen molar-refractivity contribution in [1.29, 1.82) is 0 Å². The number of nitrogens with one attached hydrogen (secondary N) is 1. The third-order valence-corrected chi connectivity index (χ3v) is 7.42. The number of nitro benzene ring substituents is 1. The average Bonchev–Trinajstić information content (AvgIpc) is 3.10. The summed E-state index contributed by atoms with van der Waals surface area (Å²) in [6, 6.07) is 7.29. The number of carbonyl (C=O) groups excluding carboxylic acids is 1. The van der Waals surface area contributed by atoms with E-state index in [9.17, 15) is 28.1 Å². The second kappa shape index (κ2) is 10.0. The zero-order valence-electron chi connectivity index (χ0n) is 19.8. The predicted octanol–water partition coefficient (Wildman–Crippen LogP) is 3.74. The van der Waals surface area contributed by atoms with Crippen molar-refractivity contribution in [3.05, 3.63) is 56.2 Å². The quantitative estimate of drug-likeness (QED) is 0.333. The molecule has 1 heterocycles. The van der Waals surface area contributed by atoms with Crippen LogP contribution in [0.5, 0.6) is 5.75 Å². The van der Waals surface area contributed by atoms with E-state index in [1.54, 1.807) is 29.7 Å². The fraction of sp³-hybridized carbons (Fsp3) is 0.364. The Kier molecular flexibility index (Phi) is 7.50. The Balaban J connectivity index is 2.03. The van der Waals surface area contributed by atoms with Gasteiger partial charge < -0.3 is 10.1 Å². The van der Waals surface area contributed by atoms with Gasteiger partial charge in [-0.05, 0) is 44.5 Å². The Hall–Kier alpha value is -3.45. The van der Waals surface area contributed by atoms with Crippen LogP contribution >= 0.6 is 11.3 Å². The van der Waals surface area contributed by atoms with Crippen LogP contribution in [0.25, 0.3) is 10.2 Å². The maximum Gasteiger partial charge on any atom is 0.308 e. The highest BCUT2D eigenvalue weighted by Gasteiger charge is 2.34. The number of rotatable bonds is 9. The number of sulfonamides is 1. The number of hydrogen-bond donors (Lipinski definition) is 1.